The zero-order chi connectivity index (χ0) is 13.9. The quantitative estimate of drug-likeness (QED) is 0.307. The molecule has 0 radical (unpaired) electrons. The SMILES string of the molecule is C=CCC(CC)CCNCc1cnc(SCC)nc1. The van der Waals surface area contributed by atoms with Gasteiger partial charge in [-0.25, -0.2) is 9.97 Å². The first-order chi connectivity index (χ1) is 9.30. The first kappa shape index (κ1) is 16.2. The second kappa shape index (κ2) is 9.98. The molecule has 0 saturated heterocycles. The van der Waals surface area contributed by atoms with Gasteiger partial charge in [0, 0.05) is 24.5 Å². The molecule has 0 aliphatic rings. The Morgan fingerprint density at radius 3 is 2.68 bits per heavy atom. The molecule has 1 heterocycles. The Morgan fingerprint density at radius 1 is 1.37 bits per heavy atom. The van der Waals surface area contributed by atoms with Gasteiger partial charge >= 0.3 is 0 Å². The standard InChI is InChI=1S/C15H25N3S/c1-4-7-13(5-2)8-9-16-10-14-11-17-15(18-12-14)19-6-3/h4,11-13,16H,1,5-10H2,2-3H3. The number of hydrogen-bond donors (Lipinski definition) is 1. The molecule has 19 heavy (non-hydrogen) atoms. The monoisotopic (exact) mass is 279 g/mol. The van der Waals surface area contributed by atoms with Crippen molar-refractivity contribution in [2.24, 2.45) is 5.92 Å². The van der Waals surface area contributed by atoms with Crippen molar-refractivity contribution in [2.45, 2.75) is 44.8 Å². The van der Waals surface area contributed by atoms with E-state index in [1.54, 1.807) is 11.8 Å². The lowest BCUT2D eigenvalue weighted by molar-refractivity contribution is 0.455. The van der Waals surface area contributed by atoms with Crippen molar-refractivity contribution >= 4 is 11.8 Å². The van der Waals surface area contributed by atoms with E-state index in [2.05, 4.69) is 35.7 Å². The highest BCUT2D eigenvalue weighted by Gasteiger charge is 2.03. The summed E-state index contributed by atoms with van der Waals surface area (Å²) in [5.41, 5.74) is 1.15. The van der Waals surface area contributed by atoms with Crippen molar-refractivity contribution in [3.8, 4) is 0 Å². The van der Waals surface area contributed by atoms with Crippen molar-refractivity contribution < 1.29 is 0 Å². The number of thioether (sulfide) groups is 1. The molecule has 4 heteroatoms. The van der Waals surface area contributed by atoms with E-state index in [4.69, 9.17) is 0 Å². The number of nitrogens with zero attached hydrogens (tertiary/aromatic N) is 2. The lowest BCUT2D eigenvalue weighted by Crippen LogP contribution is -2.17. The average molecular weight is 279 g/mol. The van der Waals surface area contributed by atoms with Gasteiger partial charge in [-0.2, -0.15) is 0 Å². The van der Waals surface area contributed by atoms with Crippen LogP contribution in [0.5, 0.6) is 0 Å². The van der Waals surface area contributed by atoms with Crippen LogP contribution in [0.25, 0.3) is 0 Å². The molecule has 0 amide bonds. The van der Waals surface area contributed by atoms with E-state index in [-0.39, 0.29) is 0 Å². The van der Waals surface area contributed by atoms with E-state index in [1.807, 2.05) is 18.5 Å². The summed E-state index contributed by atoms with van der Waals surface area (Å²) in [6.07, 6.45) is 9.39. The van der Waals surface area contributed by atoms with Crippen LogP contribution in [0.4, 0.5) is 0 Å². The highest BCUT2D eigenvalue weighted by atomic mass is 32.2. The fraction of sp³-hybridized carbons (Fsp3) is 0.600. The number of rotatable bonds is 10. The van der Waals surface area contributed by atoms with Crippen LogP contribution in [0.2, 0.25) is 0 Å². The Kier molecular flexibility index (Phi) is 8.50. The van der Waals surface area contributed by atoms with Gasteiger partial charge in [0.2, 0.25) is 0 Å². The molecule has 0 aliphatic heterocycles. The van der Waals surface area contributed by atoms with E-state index >= 15 is 0 Å². The Labute approximate surface area is 121 Å². The Balaban J connectivity index is 2.23. The van der Waals surface area contributed by atoms with Gasteiger partial charge in [-0.15, -0.1) is 6.58 Å². The lowest BCUT2D eigenvalue weighted by atomic mass is 9.99. The van der Waals surface area contributed by atoms with E-state index < -0.39 is 0 Å². The zero-order valence-electron chi connectivity index (χ0n) is 12.1. The Bertz CT molecular complexity index is 351. The molecule has 0 bridgehead atoms. The summed E-state index contributed by atoms with van der Waals surface area (Å²) in [6, 6.07) is 0. The third kappa shape index (κ3) is 6.73. The highest BCUT2D eigenvalue weighted by molar-refractivity contribution is 7.99. The minimum Gasteiger partial charge on any atom is -0.313 e. The Hall–Kier alpha value is -0.870. The maximum absolute atomic E-state index is 4.33. The average Bonchev–Trinajstić information content (AvgIpc) is 2.44. The summed E-state index contributed by atoms with van der Waals surface area (Å²) in [5.74, 6) is 1.77. The minimum absolute atomic E-state index is 0.754. The van der Waals surface area contributed by atoms with Crippen LogP contribution in [0.15, 0.2) is 30.2 Å². The molecule has 0 aromatic carbocycles. The molecule has 3 nitrogen and oxygen atoms in total. The number of hydrogen-bond acceptors (Lipinski definition) is 4. The van der Waals surface area contributed by atoms with Crippen LogP contribution >= 0.6 is 11.8 Å². The van der Waals surface area contributed by atoms with Crippen molar-refractivity contribution in [2.75, 3.05) is 12.3 Å². The second-order valence-electron chi connectivity index (χ2n) is 4.57. The molecule has 1 aromatic rings. The summed E-state index contributed by atoms with van der Waals surface area (Å²) in [4.78, 5) is 8.65. The lowest BCUT2D eigenvalue weighted by Gasteiger charge is -2.12. The second-order valence-corrected chi connectivity index (χ2v) is 5.80. The maximum atomic E-state index is 4.33. The molecule has 1 atom stereocenters. The van der Waals surface area contributed by atoms with Gasteiger partial charge in [0.1, 0.15) is 0 Å². The summed E-state index contributed by atoms with van der Waals surface area (Å²) < 4.78 is 0. The molecule has 1 rings (SSSR count). The maximum Gasteiger partial charge on any atom is 0.187 e. The number of nitrogens with one attached hydrogen (secondary N) is 1. The molecule has 0 fully saturated rings. The Morgan fingerprint density at radius 2 is 2.11 bits per heavy atom. The predicted molar refractivity (Wildman–Crippen MR) is 83.3 cm³/mol. The summed E-state index contributed by atoms with van der Waals surface area (Å²) in [5, 5.41) is 4.32. The number of allylic oxidation sites excluding steroid dienone is 1. The summed E-state index contributed by atoms with van der Waals surface area (Å²) in [7, 11) is 0. The minimum atomic E-state index is 0.754. The molecule has 0 aliphatic carbocycles. The zero-order valence-corrected chi connectivity index (χ0v) is 12.9. The smallest absolute Gasteiger partial charge is 0.187 e. The van der Waals surface area contributed by atoms with Crippen molar-refractivity contribution in [1.82, 2.24) is 15.3 Å². The van der Waals surface area contributed by atoms with Gasteiger partial charge in [0.25, 0.3) is 0 Å². The molecule has 1 aromatic heterocycles. The van der Waals surface area contributed by atoms with Crippen LogP contribution < -0.4 is 5.32 Å². The normalized spacial score (nSPS) is 12.3. The van der Waals surface area contributed by atoms with Gasteiger partial charge in [0.15, 0.2) is 5.16 Å². The first-order valence-corrected chi connectivity index (χ1v) is 8.04. The van der Waals surface area contributed by atoms with Gasteiger partial charge in [-0.05, 0) is 31.1 Å². The molecular weight excluding hydrogens is 254 g/mol. The van der Waals surface area contributed by atoms with E-state index in [0.717, 1.165) is 41.9 Å². The first-order valence-electron chi connectivity index (χ1n) is 7.05. The van der Waals surface area contributed by atoms with Crippen molar-refractivity contribution in [3.63, 3.8) is 0 Å². The van der Waals surface area contributed by atoms with E-state index in [0.29, 0.717) is 0 Å². The fourth-order valence-electron chi connectivity index (χ4n) is 1.90. The van der Waals surface area contributed by atoms with Crippen LogP contribution in [0.1, 0.15) is 38.7 Å². The third-order valence-electron chi connectivity index (χ3n) is 3.09. The van der Waals surface area contributed by atoms with Crippen molar-refractivity contribution in [1.29, 1.82) is 0 Å². The van der Waals surface area contributed by atoms with Crippen LogP contribution in [-0.2, 0) is 6.54 Å². The molecular formula is C15H25N3S. The molecule has 0 spiro atoms. The van der Waals surface area contributed by atoms with Gasteiger partial charge in [0.05, 0.1) is 0 Å². The van der Waals surface area contributed by atoms with Crippen LogP contribution in [-0.4, -0.2) is 22.3 Å². The van der Waals surface area contributed by atoms with Crippen molar-refractivity contribution in [3.05, 3.63) is 30.6 Å². The fourth-order valence-corrected chi connectivity index (χ4v) is 2.41. The van der Waals surface area contributed by atoms with Crippen LogP contribution in [0.3, 0.4) is 0 Å². The van der Waals surface area contributed by atoms with Gasteiger partial charge in [-0.3, -0.25) is 0 Å². The predicted octanol–water partition coefficient (Wildman–Crippen LogP) is 3.67. The molecule has 0 saturated carbocycles. The van der Waals surface area contributed by atoms with Crippen LogP contribution in [0, 0.1) is 5.92 Å². The summed E-state index contributed by atoms with van der Waals surface area (Å²) in [6.45, 7) is 10.0. The molecule has 106 valence electrons. The largest absolute Gasteiger partial charge is 0.313 e. The van der Waals surface area contributed by atoms with Gasteiger partial charge < -0.3 is 5.32 Å². The van der Waals surface area contributed by atoms with E-state index in [1.165, 1.54) is 12.8 Å². The summed E-state index contributed by atoms with van der Waals surface area (Å²) >= 11 is 1.67. The molecule has 1 unspecified atom stereocenters. The van der Waals surface area contributed by atoms with E-state index in [9.17, 15) is 0 Å². The third-order valence-corrected chi connectivity index (χ3v) is 3.85. The topological polar surface area (TPSA) is 37.8 Å². The highest BCUT2D eigenvalue weighted by Crippen LogP contribution is 2.13. The number of aromatic nitrogens is 2. The van der Waals surface area contributed by atoms with Gasteiger partial charge in [-0.1, -0.05) is 38.1 Å². The molecule has 1 N–H and O–H groups in total.